The van der Waals surface area contributed by atoms with E-state index in [2.05, 4.69) is 5.32 Å². The van der Waals surface area contributed by atoms with Crippen molar-refractivity contribution in [2.75, 3.05) is 26.7 Å². The van der Waals surface area contributed by atoms with Gasteiger partial charge in [0, 0.05) is 6.54 Å². The number of methoxy groups -OCH3 is 1. The molecule has 1 aliphatic rings. The number of primary amides is 1. The Morgan fingerprint density at radius 2 is 1.88 bits per heavy atom. The molecule has 1 heterocycles. The second-order valence-electron chi connectivity index (χ2n) is 6.93. The van der Waals surface area contributed by atoms with Crippen LogP contribution in [-0.2, 0) is 19.7 Å². The number of carbonyl (C=O) groups excluding carboxylic acids is 1. The van der Waals surface area contributed by atoms with E-state index in [0.717, 1.165) is 0 Å². The molecule has 9 heteroatoms. The summed E-state index contributed by atoms with van der Waals surface area (Å²) in [6.07, 6.45) is 0. The number of piperazine rings is 1. The Bertz CT molecular complexity index is 727. The topological polar surface area (TPSA) is 108 Å². The molecule has 1 amide bonds. The number of benzene rings is 1. The number of hydroxylamine groups is 2. The van der Waals surface area contributed by atoms with Gasteiger partial charge in [0.15, 0.2) is 0 Å². The molecule has 3 N–H and O–H groups in total. The third-order valence-electron chi connectivity index (χ3n) is 3.93. The van der Waals surface area contributed by atoms with E-state index in [9.17, 15) is 13.2 Å². The maximum absolute atomic E-state index is 13.5. The lowest BCUT2D eigenvalue weighted by atomic mass is 10.2. The molecule has 25 heavy (non-hydrogen) atoms. The zero-order chi connectivity index (χ0) is 18.9. The molecule has 0 radical (unpaired) electrons. The maximum Gasteiger partial charge on any atom is 0.358 e. The molecule has 0 spiro atoms. The molecule has 0 bridgehead atoms. The van der Waals surface area contributed by atoms with Crippen molar-refractivity contribution in [1.82, 2.24) is 5.32 Å². The van der Waals surface area contributed by atoms with E-state index in [-0.39, 0.29) is 18.0 Å². The summed E-state index contributed by atoms with van der Waals surface area (Å²) in [7, 11) is -2.56. The van der Waals surface area contributed by atoms with Gasteiger partial charge in [0.1, 0.15) is 22.8 Å². The zero-order valence-electron chi connectivity index (χ0n) is 15.0. The van der Waals surface area contributed by atoms with E-state index >= 15 is 0 Å². The lowest BCUT2D eigenvalue weighted by Gasteiger charge is -2.44. The van der Waals surface area contributed by atoms with Gasteiger partial charge in [-0.25, -0.2) is 0 Å². The highest BCUT2D eigenvalue weighted by Gasteiger charge is 2.58. The van der Waals surface area contributed by atoms with Crippen LogP contribution in [0, 0.1) is 0 Å². The van der Waals surface area contributed by atoms with Crippen molar-refractivity contribution in [2.24, 2.45) is 5.73 Å². The van der Waals surface area contributed by atoms with Crippen molar-refractivity contribution in [3.63, 3.8) is 0 Å². The molecule has 0 aliphatic carbocycles. The van der Waals surface area contributed by atoms with Gasteiger partial charge in [-0.05, 0) is 45.0 Å². The van der Waals surface area contributed by atoms with Crippen LogP contribution in [-0.4, -0.2) is 56.8 Å². The number of ether oxygens (including phenoxy) is 1. The predicted molar refractivity (Wildman–Crippen MR) is 92.0 cm³/mol. The minimum absolute atomic E-state index is 0.0469. The molecule has 1 saturated heterocycles. The molecular weight excluding hydrogens is 346 g/mol. The summed E-state index contributed by atoms with van der Waals surface area (Å²) in [5.74, 6) is -0.192. The first-order chi connectivity index (χ1) is 11.5. The van der Waals surface area contributed by atoms with Gasteiger partial charge in [0.25, 0.3) is 5.91 Å². The molecular formula is C16H26N3O5S+. The van der Waals surface area contributed by atoms with Gasteiger partial charge in [0.2, 0.25) is 6.04 Å². The number of carbonyl (C=O) groups is 1. The number of hydrogen-bond donors (Lipinski definition) is 2. The molecule has 2 rings (SSSR count). The van der Waals surface area contributed by atoms with E-state index in [0.29, 0.717) is 12.3 Å². The molecule has 2 unspecified atom stereocenters. The van der Waals surface area contributed by atoms with Crippen LogP contribution in [0.4, 0.5) is 0 Å². The quantitative estimate of drug-likeness (QED) is 0.724. The van der Waals surface area contributed by atoms with Crippen molar-refractivity contribution >= 4 is 15.9 Å². The Labute approximate surface area is 148 Å². The summed E-state index contributed by atoms with van der Waals surface area (Å²) in [4.78, 5) is 18.1. The molecule has 1 aliphatic heterocycles. The summed E-state index contributed by atoms with van der Waals surface area (Å²) >= 11 is 0. The summed E-state index contributed by atoms with van der Waals surface area (Å²) in [6, 6.07) is 4.95. The Balaban J connectivity index is 2.62. The highest BCUT2D eigenvalue weighted by Crippen LogP contribution is 2.34. The van der Waals surface area contributed by atoms with Crippen molar-refractivity contribution in [3.05, 3.63) is 24.3 Å². The number of nitrogens with zero attached hydrogens (tertiary/aromatic N) is 1. The third kappa shape index (κ3) is 3.79. The van der Waals surface area contributed by atoms with E-state index in [1.165, 1.54) is 19.2 Å². The van der Waals surface area contributed by atoms with Crippen LogP contribution in [0.1, 0.15) is 20.8 Å². The number of hydrogen-bond acceptors (Lipinski definition) is 6. The molecule has 2 atom stereocenters. The number of rotatable bonds is 5. The van der Waals surface area contributed by atoms with Crippen LogP contribution in [0.15, 0.2) is 29.2 Å². The highest BCUT2D eigenvalue weighted by atomic mass is 32.2. The minimum atomic E-state index is -4.06. The number of nitrogens with two attached hydrogens (primary N) is 1. The third-order valence-corrected chi connectivity index (χ3v) is 6.13. The minimum Gasteiger partial charge on any atom is -0.497 e. The van der Waals surface area contributed by atoms with Crippen LogP contribution >= 0.6 is 0 Å². The van der Waals surface area contributed by atoms with E-state index < -0.39 is 31.6 Å². The fourth-order valence-electron chi connectivity index (χ4n) is 2.90. The SMILES string of the molecule is COc1ccc(S(=O)(=O)[N+]2(OC(C)(C)C)CCNCC2C(N)=O)cc1. The fourth-order valence-corrected chi connectivity index (χ4v) is 4.90. The number of sulfonamides is 1. The van der Waals surface area contributed by atoms with Crippen molar-refractivity contribution < 1.29 is 26.8 Å². The number of amides is 1. The van der Waals surface area contributed by atoms with Gasteiger partial charge < -0.3 is 15.8 Å². The molecule has 140 valence electrons. The first-order valence-corrected chi connectivity index (χ1v) is 9.45. The van der Waals surface area contributed by atoms with Crippen LogP contribution in [0.2, 0.25) is 0 Å². The highest BCUT2D eigenvalue weighted by molar-refractivity contribution is 7.85. The molecule has 1 aromatic carbocycles. The van der Waals surface area contributed by atoms with Crippen LogP contribution < -0.4 is 15.8 Å². The zero-order valence-corrected chi connectivity index (χ0v) is 15.8. The van der Waals surface area contributed by atoms with Gasteiger partial charge >= 0.3 is 10.0 Å². The van der Waals surface area contributed by atoms with Gasteiger partial charge in [0.05, 0.1) is 13.7 Å². The lowest BCUT2D eigenvalue weighted by molar-refractivity contribution is -1.03. The second-order valence-corrected chi connectivity index (χ2v) is 8.97. The lowest BCUT2D eigenvalue weighted by Crippen LogP contribution is -2.71. The molecule has 1 fully saturated rings. The van der Waals surface area contributed by atoms with Crippen molar-refractivity contribution in [1.29, 1.82) is 0 Å². The molecule has 1 aromatic rings. The Kier molecular flexibility index (Phi) is 5.43. The maximum atomic E-state index is 13.5. The normalized spacial score (nSPS) is 24.7. The second kappa shape index (κ2) is 6.91. The van der Waals surface area contributed by atoms with Gasteiger partial charge in [-0.15, -0.1) is 0 Å². The number of quaternary nitrogens is 1. The van der Waals surface area contributed by atoms with E-state index in [4.69, 9.17) is 15.3 Å². The molecule has 0 saturated carbocycles. The Hall–Kier alpha value is -1.68. The van der Waals surface area contributed by atoms with Gasteiger partial charge in [-0.1, -0.05) is 4.05 Å². The number of nitrogens with one attached hydrogen (secondary N) is 1. The summed E-state index contributed by atoms with van der Waals surface area (Å²) in [6.45, 7) is 5.82. The van der Waals surface area contributed by atoms with E-state index in [1.807, 2.05) is 0 Å². The van der Waals surface area contributed by atoms with Crippen LogP contribution in [0.3, 0.4) is 0 Å². The summed E-state index contributed by atoms with van der Waals surface area (Å²) in [5, 5.41) is 3.02. The van der Waals surface area contributed by atoms with Gasteiger partial charge in [-0.3, -0.25) is 4.79 Å². The smallest absolute Gasteiger partial charge is 0.358 e. The average Bonchev–Trinajstić information content (AvgIpc) is 2.53. The summed E-state index contributed by atoms with van der Waals surface area (Å²) < 4.78 is 31.2. The molecule has 0 aromatic heterocycles. The first kappa shape index (κ1) is 19.6. The largest absolute Gasteiger partial charge is 0.497 e. The molecule has 8 nitrogen and oxygen atoms in total. The van der Waals surface area contributed by atoms with Crippen LogP contribution in [0.25, 0.3) is 0 Å². The fraction of sp³-hybridized carbons (Fsp3) is 0.562. The summed E-state index contributed by atoms with van der Waals surface area (Å²) in [5.41, 5.74) is 4.72. The average molecular weight is 372 g/mol. The Morgan fingerprint density at radius 3 is 2.36 bits per heavy atom. The predicted octanol–water partition coefficient (Wildman–Crippen LogP) is 0.388. The van der Waals surface area contributed by atoms with Crippen molar-refractivity contribution in [3.8, 4) is 5.75 Å². The van der Waals surface area contributed by atoms with Crippen molar-refractivity contribution in [2.45, 2.75) is 37.3 Å². The Morgan fingerprint density at radius 1 is 1.28 bits per heavy atom. The standard InChI is InChI=1S/C16H25N3O5S/c1-16(2,3)24-19(10-9-18-11-14(19)15(17)20)25(21,22)13-7-5-12(23-4)6-8-13/h5-8,14,18H,9-11H2,1-4H3,(H-,17,20)/p+1. The first-order valence-electron chi connectivity index (χ1n) is 8.01. The monoisotopic (exact) mass is 372 g/mol. The van der Waals surface area contributed by atoms with Crippen LogP contribution in [0.5, 0.6) is 5.75 Å². The van der Waals surface area contributed by atoms with E-state index in [1.54, 1.807) is 32.9 Å². The van der Waals surface area contributed by atoms with Gasteiger partial charge in [-0.2, -0.15) is 13.3 Å².